The Morgan fingerprint density at radius 2 is 2.05 bits per heavy atom. The minimum Gasteiger partial charge on any atom is -0.391 e. The Hall–Kier alpha value is -1.80. The molecule has 0 bridgehead atoms. The lowest BCUT2D eigenvalue weighted by atomic mass is 10.1. The Morgan fingerprint density at radius 3 is 2.59 bits per heavy atom. The standard InChI is InChI=1S/C13H12ClF3N2O3/c14-7-1-2-10(9(5-7)13(15,16)17)18-11(21)12(22)19-4-3-8(20)6-19/h1-2,5,8,20H,3-4,6H2,(H,18,21)/t8-/m1/s1. The van der Waals surface area contributed by atoms with Crippen molar-refractivity contribution >= 4 is 29.1 Å². The molecule has 1 aromatic carbocycles. The SMILES string of the molecule is O=C(Nc1ccc(Cl)cc1C(F)(F)F)C(=O)N1CC[C@@H](O)C1. The van der Waals surface area contributed by atoms with E-state index in [9.17, 15) is 27.9 Å². The maximum atomic E-state index is 12.9. The lowest BCUT2D eigenvalue weighted by molar-refractivity contribution is -0.143. The fraction of sp³-hybridized carbons (Fsp3) is 0.385. The molecule has 1 aliphatic rings. The summed E-state index contributed by atoms with van der Waals surface area (Å²) in [5, 5.41) is 11.1. The molecule has 0 spiro atoms. The van der Waals surface area contributed by atoms with Crippen molar-refractivity contribution in [3.8, 4) is 0 Å². The van der Waals surface area contributed by atoms with Gasteiger partial charge in [0.1, 0.15) is 0 Å². The second-order valence-electron chi connectivity index (χ2n) is 4.84. The maximum Gasteiger partial charge on any atom is 0.418 e. The van der Waals surface area contributed by atoms with E-state index in [1.807, 2.05) is 5.32 Å². The number of likely N-dealkylation sites (tertiary alicyclic amines) is 1. The molecule has 2 N–H and O–H groups in total. The van der Waals surface area contributed by atoms with Crippen molar-refractivity contribution in [1.82, 2.24) is 4.90 Å². The number of rotatable bonds is 1. The molecule has 1 aliphatic heterocycles. The molecule has 5 nitrogen and oxygen atoms in total. The monoisotopic (exact) mass is 336 g/mol. The van der Waals surface area contributed by atoms with E-state index in [1.54, 1.807) is 0 Å². The number of aliphatic hydroxyl groups is 1. The number of anilines is 1. The number of nitrogens with one attached hydrogen (secondary N) is 1. The first-order valence-corrected chi connectivity index (χ1v) is 6.71. The van der Waals surface area contributed by atoms with E-state index in [0.717, 1.165) is 11.0 Å². The van der Waals surface area contributed by atoms with Gasteiger partial charge in [-0.1, -0.05) is 11.6 Å². The van der Waals surface area contributed by atoms with E-state index < -0.39 is 35.3 Å². The van der Waals surface area contributed by atoms with Crippen molar-refractivity contribution in [3.63, 3.8) is 0 Å². The summed E-state index contributed by atoms with van der Waals surface area (Å²) < 4.78 is 38.7. The normalized spacial score (nSPS) is 18.4. The van der Waals surface area contributed by atoms with E-state index in [-0.39, 0.29) is 18.1 Å². The highest BCUT2D eigenvalue weighted by Gasteiger charge is 2.35. The lowest BCUT2D eigenvalue weighted by Crippen LogP contribution is -2.39. The number of β-amino-alcohol motifs (C(OH)–C–C–N with tert-alkyl or cyclic N) is 1. The van der Waals surface area contributed by atoms with Gasteiger partial charge in [-0.3, -0.25) is 9.59 Å². The third kappa shape index (κ3) is 3.69. The number of halogens is 4. The molecule has 120 valence electrons. The van der Waals surface area contributed by atoms with Crippen LogP contribution in [0.15, 0.2) is 18.2 Å². The second-order valence-corrected chi connectivity index (χ2v) is 5.27. The number of nitrogens with zero attached hydrogens (tertiary/aromatic N) is 1. The first kappa shape index (κ1) is 16.6. The number of carbonyl (C=O) groups excluding carboxylic acids is 2. The highest BCUT2D eigenvalue weighted by Crippen LogP contribution is 2.36. The van der Waals surface area contributed by atoms with Crippen molar-refractivity contribution in [2.24, 2.45) is 0 Å². The summed E-state index contributed by atoms with van der Waals surface area (Å²) in [6.07, 6.45) is -5.12. The van der Waals surface area contributed by atoms with Crippen LogP contribution >= 0.6 is 11.6 Å². The van der Waals surface area contributed by atoms with Crippen LogP contribution in [0.4, 0.5) is 18.9 Å². The summed E-state index contributed by atoms with van der Waals surface area (Å²) in [5.74, 6) is -2.18. The van der Waals surface area contributed by atoms with Gasteiger partial charge in [0.25, 0.3) is 0 Å². The fourth-order valence-electron chi connectivity index (χ4n) is 2.11. The molecule has 1 heterocycles. The van der Waals surface area contributed by atoms with Gasteiger partial charge in [-0.2, -0.15) is 13.2 Å². The second kappa shape index (κ2) is 6.13. The van der Waals surface area contributed by atoms with Gasteiger partial charge in [-0.25, -0.2) is 0 Å². The zero-order valence-electron chi connectivity index (χ0n) is 11.2. The molecule has 1 saturated heterocycles. The predicted octanol–water partition coefficient (Wildman–Crippen LogP) is 1.89. The zero-order valence-corrected chi connectivity index (χ0v) is 11.9. The molecule has 0 aromatic heterocycles. The summed E-state index contributed by atoms with van der Waals surface area (Å²) in [6.45, 7) is 0.166. The minimum absolute atomic E-state index is 0.0149. The highest BCUT2D eigenvalue weighted by molar-refractivity contribution is 6.39. The number of carbonyl (C=O) groups is 2. The molecule has 22 heavy (non-hydrogen) atoms. The van der Waals surface area contributed by atoms with Crippen molar-refractivity contribution in [2.75, 3.05) is 18.4 Å². The minimum atomic E-state index is -4.72. The Labute approximate surface area is 128 Å². The number of hydrogen-bond donors (Lipinski definition) is 2. The summed E-state index contributed by atoms with van der Waals surface area (Å²) in [6, 6.07) is 2.83. The number of hydrogen-bond acceptors (Lipinski definition) is 3. The predicted molar refractivity (Wildman–Crippen MR) is 72.3 cm³/mol. The zero-order chi connectivity index (χ0) is 16.5. The Balaban J connectivity index is 2.17. The van der Waals surface area contributed by atoms with Crippen LogP contribution in [-0.4, -0.2) is 41.0 Å². The van der Waals surface area contributed by atoms with Crippen LogP contribution in [0.5, 0.6) is 0 Å². The quantitative estimate of drug-likeness (QED) is 0.769. The molecule has 1 fully saturated rings. The largest absolute Gasteiger partial charge is 0.418 e. The molecule has 1 aromatic rings. The average molecular weight is 337 g/mol. The highest BCUT2D eigenvalue weighted by atomic mass is 35.5. The maximum absolute atomic E-state index is 12.9. The van der Waals surface area contributed by atoms with Crippen LogP contribution in [0.2, 0.25) is 5.02 Å². The van der Waals surface area contributed by atoms with E-state index in [0.29, 0.717) is 12.5 Å². The van der Waals surface area contributed by atoms with E-state index in [1.165, 1.54) is 6.07 Å². The van der Waals surface area contributed by atoms with Gasteiger partial charge >= 0.3 is 18.0 Å². The molecule has 2 amide bonds. The molecule has 0 saturated carbocycles. The van der Waals surface area contributed by atoms with Gasteiger partial charge < -0.3 is 15.3 Å². The number of alkyl halides is 3. The van der Waals surface area contributed by atoms with Crippen LogP contribution in [0, 0.1) is 0 Å². The van der Waals surface area contributed by atoms with E-state index in [2.05, 4.69) is 0 Å². The van der Waals surface area contributed by atoms with Crippen molar-refractivity contribution in [2.45, 2.75) is 18.7 Å². The molecular weight excluding hydrogens is 325 g/mol. The lowest BCUT2D eigenvalue weighted by Gasteiger charge is -2.17. The molecule has 0 unspecified atom stereocenters. The van der Waals surface area contributed by atoms with E-state index in [4.69, 9.17) is 11.6 Å². The Bertz CT molecular complexity index is 607. The topological polar surface area (TPSA) is 69.6 Å². The Morgan fingerprint density at radius 1 is 1.36 bits per heavy atom. The van der Waals surface area contributed by atoms with Crippen molar-refractivity contribution in [1.29, 1.82) is 0 Å². The van der Waals surface area contributed by atoms with Crippen LogP contribution in [0.1, 0.15) is 12.0 Å². The number of aliphatic hydroxyl groups excluding tert-OH is 1. The van der Waals surface area contributed by atoms with Crippen molar-refractivity contribution < 1.29 is 27.9 Å². The Kier molecular flexibility index (Phi) is 4.62. The first-order valence-electron chi connectivity index (χ1n) is 6.33. The van der Waals surface area contributed by atoms with Gasteiger partial charge in [0.2, 0.25) is 0 Å². The smallest absolute Gasteiger partial charge is 0.391 e. The molecule has 1 atom stereocenters. The molecule has 0 aliphatic carbocycles. The van der Waals surface area contributed by atoms with Crippen LogP contribution in [0.3, 0.4) is 0 Å². The van der Waals surface area contributed by atoms with Gasteiger partial charge in [0.05, 0.1) is 17.4 Å². The van der Waals surface area contributed by atoms with Gasteiger partial charge in [0.15, 0.2) is 0 Å². The number of benzene rings is 1. The van der Waals surface area contributed by atoms with Gasteiger partial charge in [-0.15, -0.1) is 0 Å². The van der Waals surface area contributed by atoms with Crippen LogP contribution < -0.4 is 5.32 Å². The number of amides is 2. The first-order chi connectivity index (χ1) is 10.2. The van der Waals surface area contributed by atoms with Gasteiger partial charge in [0, 0.05) is 18.1 Å². The molecular formula is C13H12ClF3N2O3. The summed E-state index contributed by atoms with van der Waals surface area (Å²) in [4.78, 5) is 24.7. The summed E-state index contributed by atoms with van der Waals surface area (Å²) in [5.41, 5.74) is -1.68. The summed E-state index contributed by atoms with van der Waals surface area (Å²) >= 11 is 5.53. The average Bonchev–Trinajstić information content (AvgIpc) is 2.85. The third-order valence-corrected chi connectivity index (χ3v) is 3.42. The van der Waals surface area contributed by atoms with E-state index >= 15 is 0 Å². The molecule has 2 rings (SSSR count). The molecule has 9 heteroatoms. The summed E-state index contributed by atoms with van der Waals surface area (Å²) in [7, 11) is 0. The van der Waals surface area contributed by atoms with Crippen LogP contribution in [0.25, 0.3) is 0 Å². The fourth-order valence-corrected chi connectivity index (χ4v) is 2.28. The molecule has 0 radical (unpaired) electrons. The van der Waals surface area contributed by atoms with Crippen LogP contribution in [-0.2, 0) is 15.8 Å². The van der Waals surface area contributed by atoms with Crippen molar-refractivity contribution in [3.05, 3.63) is 28.8 Å². The third-order valence-electron chi connectivity index (χ3n) is 3.18. The van der Waals surface area contributed by atoms with Gasteiger partial charge in [-0.05, 0) is 24.6 Å².